The average molecular weight is 240 g/mol. The van der Waals surface area contributed by atoms with Crippen molar-refractivity contribution in [3.8, 4) is 0 Å². The van der Waals surface area contributed by atoms with Crippen molar-refractivity contribution < 1.29 is 0 Å². The molecule has 0 aliphatic carbocycles. The normalized spacial score (nSPS) is 15.1. The molecular formula is C14H22ClN. The van der Waals surface area contributed by atoms with Gasteiger partial charge < -0.3 is 4.90 Å². The van der Waals surface area contributed by atoms with Crippen LogP contribution in [0.15, 0.2) is 24.3 Å². The van der Waals surface area contributed by atoms with Crippen molar-refractivity contribution >= 4 is 11.6 Å². The molecular weight excluding hydrogens is 218 g/mol. The van der Waals surface area contributed by atoms with E-state index in [1.54, 1.807) is 0 Å². The molecule has 0 fully saturated rings. The van der Waals surface area contributed by atoms with E-state index >= 15 is 0 Å². The summed E-state index contributed by atoms with van der Waals surface area (Å²) in [6.45, 7) is 5.67. The maximum absolute atomic E-state index is 5.93. The highest BCUT2D eigenvalue weighted by Crippen LogP contribution is 2.28. The van der Waals surface area contributed by atoms with Gasteiger partial charge in [0.1, 0.15) is 0 Å². The summed E-state index contributed by atoms with van der Waals surface area (Å²) < 4.78 is 0. The lowest BCUT2D eigenvalue weighted by Gasteiger charge is -2.26. The van der Waals surface area contributed by atoms with Crippen molar-refractivity contribution in [1.82, 2.24) is 4.90 Å². The van der Waals surface area contributed by atoms with Crippen molar-refractivity contribution in [3.63, 3.8) is 0 Å². The molecule has 0 heterocycles. The first kappa shape index (κ1) is 13.5. The fourth-order valence-corrected chi connectivity index (χ4v) is 2.13. The SMILES string of the molecule is CCC(C)C(CN(C)C)c1ccc(Cl)cc1. The highest BCUT2D eigenvalue weighted by atomic mass is 35.5. The summed E-state index contributed by atoms with van der Waals surface area (Å²) in [6, 6.07) is 8.29. The zero-order valence-electron chi connectivity index (χ0n) is 10.7. The molecule has 1 aromatic carbocycles. The largest absolute Gasteiger partial charge is 0.309 e. The Balaban J connectivity index is 2.87. The van der Waals surface area contributed by atoms with E-state index in [9.17, 15) is 0 Å². The number of benzene rings is 1. The van der Waals surface area contributed by atoms with Crippen molar-refractivity contribution in [2.24, 2.45) is 5.92 Å². The lowest BCUT2D eigenvalue weighted by molar-refractivity contribution is 0.315. The van der Waals surface area contributed by atoms with Crippen LogP contribution < -0.4 is 0 Å². The van der Waals surface area contributed by atoms with Gasteiger partial charge in [-0.2, -0.15) is 0 Å². The highest BCUT2D eigenvalue weighted by Gasteiger charge is 2.18. The second-order valence-electron chi connectivity index (χ2n) is 4.81. The maximum atomic E-state index is 5.93. The second kappa shape index (κ2) is 6.27. The van der Waals surface area contributed by atoms with E-state index in [4.69, 9.17) is 11.6 Å². The molecule has 0 bridgehead atoms. The number of hydrogen-bond donors (Lipinski definition) is 0. The fourth-order valence-electron chi connectivity index (χ4n) is 2.00. The zero-order chi connectivity index (χ0) is 12.1. The van der Waals surface area contributed by atoms with Crippen LogP contribution in [0.25, 0.3) is 0 Å². The summed E-state index contributed by atoms with van der Waals surface area (Å²) in [5.74, 6) is 1.29. The standard InChI is InChI=1S/C14H22ClN/c1-5-11(2)14(10-16(3)4)12-6-8-13(15)9-7-12/h6-9,11,14H,5,10H2,1-4H3. The first-order valence-electron chi connectivity index (χ1n) is 5.94. The van der Waals surface area contributed by atoms with Crippen molar-refractivity contribution in [1.29, 1.82) is 0 Å². The Morgan fingerprint density at radius 1 is 1.19 bits per heavy atom. The third kappa shape index (κ3) is 3.80. The van der Waals surface area contributed by atoms with E-state index in [1.807, 2.05) is 12.1 Å². The quantitative estimate of drug-likeness (QED) is 0.750. The molecule has 0 spiro atoms. The number of likely N-dealkylation sites (N-methyl/N-ethyl adjacent to an activating group) is 1. The number of hydrogen-bond acceptors (Lipinski definition) is 1. The molecule has 0 aliphatic rings. The molecule has 0 N–H and O–H groups in total. The molecule has 90 valence electrons. The van der Waals surface area contributed by atoms with Crippen LogP contribution in [-0.4, -0.2) is 25.5 Å². The van der Waals surface area contributed by atoms with E-state index < -0.39 is 0 Å². The van der Waals surface area contributed by atoms with Crippen LogP contribution in [0.1, 0.15) is 31.7 Å². The third-order valence-electron chi connectivity index (χ3n) is 3.19. The molecule has 0 aliphatic heterocycles. The summed E-state index contributed by atoms with van der Waals surface area (Å²) in [5, 5.41) is 0.816. The molecule has 2 unspecified atom stereocenters. The van der Waals surface area contributed by atoms with Crippen LogP contribution in [-0.2, 0) is 0 Å². The molecule has 0 radical (unpaired) electrons. The van der Waals surface area contributed by atoms with Crippen LogP contribution in [0.5, 0.6) is 0 Å². The molecule has 1 rings (SSSR count). The molecule has 16 heavy (non-hydrogen) atoms. The number of nitrogens with zero attached hydrogens (tertiary/aromatic N) is 1. The summed E-state index contributed by atoms with van der Waals surface area (Å²) in [7, 11) is 4.26. The Kier molecular flexibility index (Phi) is 5.30. The van der Waals surface area contributed by atoms with Gasteiger partial charge in [-0.05, 0) is 43.6 Å². The molecule has 0 aromatic heterocycles. The van der Waals surface area contributed by atoms with Crippen LogP contribution in [0, 0.1) is 5.92 Å². The first-order chi connectivity index (χ1) is 7.54. The lowest BCUT2D eigenvalue weighted by atomic mass is 9.85. The Hall–Kier alpha value is -0.530. The van der Waals surface area contributed by atoms with E-state index in [0.29, 0.717) is 11.8 Å². The minimum atomic E-state index is 0.595. The Bertz CT molecular complexity index is 305. The Morgan fingerprint density at radius 3 is 2.19 bits per heavy atom. The summed E-state index contributed by atoms with van der Waals surface area (Å²) >= 11 is 5.93. The van der Waals surface area contributed by atoms with Gasteiger partial charge in [-0.1, -0.05) is 44.0 Å². The second-order valence-corrected chi connectivity index (χ2v) is 5.24. The van der Waals surface area contributed by atoms with Crippen molar-refractivity contribution in [2.45, 2.75) is 26.2 Å². The van der Waals surface area contributed by atoms with Gasteiger partial charge in [0.05, 0.1) is 0 Å². The van der Waals surface area contributed by atoms with E-state index in [-0.39, 0.29) is 0 Å². The van der Waals surface area contributed by atoms with Gasteiger partial charge in [0.15, 0.2) is 0 Å². The zero-order valence-corrected chi connectivity index (χ0v) is 11.5. The van der Waals surface area contributed by atoms with Crippen LogP contribution >= 0.6 is 11.6 Å². The van der Waals surface area contributed by atoms with Gasteiger partial charge in [-0.3, -0.25) is 0 Å². The summed E-state index contributed by atoms with van der Waals surface area (Å²) in [4.78, 5) is 2.26. The van der Waals surface area contributed by atoms with Gasteiger partial charge in [0.25, 0.3) is 0 Å². The topological polar surface area (TPSA) is 3.24 Å². The third-order valence-corrected chi connectivity index (χ3v) is 3.44. The van der Waals surface area contributed by atoms with Crippen LogP contribution in [0.4, 0.5) is 0 Å². The molecule has 2 heteroatoms. The molecule has 1 nitrogen and oxygen atoms in total. The van der Waals surface area contributed by atoms with Crippen molar-refractivity contribution in [2.75, 3.05) is 20.6 Å². The lowest BCUT2D eigenvalue weighted by Crippen LogP contribution is -2.24. The fraction of sp³-hybridized carbons (Fsp3) is 0.571. The molecule has 2 atom stereocenters. The van der Waals surface area contributed by atoms with E-state index in [1.165, 1.54) is 12.0 Å². The van der Waals surface area contributed by atoms with Crippen LogP contribution in [0.2, 0.25) is 5.02 Å². The highest BCUT2D eigenvalue weighted by molar-refractivity contribution is 6.30. The monoisotopic (exact) mass is 239 g/mol. The van der Waals surface area contributed by atoms with Crippen molar-refractivity contribution in [3.05, 3.63) is 34.9 Å². The predicted molar refractivity (Wildman–Crippen MR) is 72.2 cm³/mol. The summed E-state index contributed by atoms with van der Waals surface area (Å²) in [5.41, 5.74) is 1.40. The van der Waals surface area contributed by atoms with Gasteiger partial charge in [-0.25, -0.2) is 0 Å². The van der Waals surface area contributed by atoms with Gasteiger partial charge in [0, 0.05) is 11.6 Å². The minimum Gasteiger partial charge on any atom is -0.309 e. The van der Waals surface area contributed by atoms with Gasteiger partial charge in [0.2, 0.25) is 0 Å². The Labute approximate surface area is 104 Å². The smallest absolute Gasteiger partial charge is 0.0406 e. The molecule has 1 aromatic rings. The van der Waals surface area contributed by atoms with E-state index in [0.717, 1.165) is 11.6 Å². The molecule has 0 saturated carbocycles. The predicted octanol–water partition coefficient (Wildman–Crippen LogP) is 4.03. The van der Waals surface area contributed by atoms with Crippen LogP contribution in [0.3, 0.4) is 0 Å². The first-order valence-corrected chi connectivity index (χ1v) is 6.32. The minimum absolute atomic E-state index is 0.595. The van der Waals surface area contributed by atoms with Gasteiger partial charge in [-0.15, -0.1) is 0 Å². The molecule has 0 amide bonds. The number of halogens is 1. The maximum Gasteiger partial charge on any atom is 0.0406 e. The summed E-state index contributed by atoms with van der Waals surface area (Å²) in [6.07, 6.45) is 1.21. The van der Waals surface area contributed by atoms with Gasteiger partial charge >= 0.3 is 0 Å². The number of rotatable bonds is 5. The Morgan fingerprint density at radius 2 is 1.75 bits per heavy atom. The average Bonchev–Trinajstić information content (AvgIpc) is 2.26. The molecule has 0 saturated heterocycles. The van der Waals surface area contributed by atoms with E-state index in [2.05, 4.69) is 45.0 Å².